The number of furan rings is 1. The van der Waals surface area contributed by atoms with Gasteiger partial charge in [-0.3, -0.25) is 4.79 Å². The highest BCUT2D eigenvalue weighted by Gasteiger charge is 2.20. The highest BCUT2D eigenvalue weighted by Crippen LogP contribution is 2.26. The molecule has 21 heavy (non-hydrogen) atoms. The number of benzene rings is 1. The van der Waals surface area contributed by atoms with Gasteiger partial charge in [-0.2, -0.15) is 0 Å². The highest BCUT2D eigenvalue weighted by atomic mass is 32.2. The van der Waals surface area contributed by atoms with Crippen molar-refractivity contribution >= 4 is 33.8 Å². The van der Waals surface area contributed by atoms with E-state index in [9.17, 15) is 19.8 Å². The molecule has 2 aromatic rings. The van der Waals surface area contributed by atoms with Crippen LogP contribution >= 0.6 is 11.8 Å². The van der Waals surface area contributed by atoms with Crippen molar-refractivity contribution in [1.29, 1.82) is 0 Å². The number of carbonyl (C=O) groups excluding carboxylic acids is 1. The van der Waals surface area contributed by atoms with Crippen molar-refractivity contribution in [2.75, 3.05) is 5.75 Å². The van der Waals surface area contributed by atoms with Crippen LogP contribution in [-0.2, 0) is 4.79 Å². The van der Waals surface area contributed by atoms with Crippen LogP contribution in [0.5, 0.6) is 0 Å². The first-order valence-corrected chi connectivity index (χ1v) is 7.13. The van der Waals surface area contributed by atoms with Crippen molar-refractivity contribution < 1.29 is 29.3 Å². The Bertz CT molecular complexity index is 677. The Hall–Kier alpha value is -1.83. The molecule has 1 aromatic heterocycles. The molecular weight excluding hydrogens is 296 g/mol. The van der Waals surface area contributed by atoms with E-state index in [0.29, 0.717) is 16.5 Å². The molecule has 0 aliphatic heterocycles. The van der Waals surface area contributed by atoms with E-state index in [1.165, 1.54) is 19.1 Å². The van der Waals surface area contributed by atoms with Gasteiger partial charge in [0.2, 0.25) is 5.76 Å². The summed E-state index contributed by atoms with van der Waals surface area (Å²) in [7, 11) is 0. The minimum Gasteiger partial charge on any atom is -0.475 e. The van der Waals surface area contributed by atoms with Crippen molar-refractivity contribution in [3.05, 3.63) is 35.6 Å². The minimum absolute atomic E-state index is 0.0836. The largest absolute Gasteiger partial charge is 0.475 e. The Morgan fingerprint density at radius 1 is 1.29 bits per heavy atom. The number of rotatable bonds is 5. The summed E-state index contributed by atoms with van der Waals surface area (Å²) in [5.41, 5.74) is 0.813. The van der Waals surface area contributed by atoms with E-state index in [2.05, 4.69) is 0 Å². The highest BCUT2D eigenvalue weighted by molar-refractivity contribution is 8.13. The zero-order valence-electron chi connectivity index (χ0n) is 11.1. The number of hydrogen-bond acceptors (Lipinski definition) is 6. The summed E-state index contributed by atoms with van der Waals surface area (Å²) in [5.74, 6) is -1.28. The topological polar surface area (TPSA) is 108 Å². The first-order chi connectivity index (χ1) is 9.88. The van der Waals surface area contributed by atoms with Gasteiger partial charge in [-0.1, -0.05) is 17.8 Å². The van der Waals surface area contributed by atoms with Gasteiger partial charge in [0.05, 0.1) is 6.10 Å². The van der Waals surface area contributed by atoms with Gasteiger partial charge >= 0.3 is 5.97 Å². The van der Waals surface area contributed by atoms with E-state index in [1.807, 2.05) is 0 Å². The standard InChI is InChI=1S/C14H14O6S/c1-7(15)21-6-10(16)13(17)8-2-3-11-9(4-8)5-12(20-11)14(18)19/h2-5,10,13,16-17H,6H2,1H3,(H,18,19). The zero-order valence-corrected chi connectivity index (χ0v) is 12.0. The van der Waals surface area contributed by atoms with Crippen LogP contribution in [0.1, 0.15) is 29.1 Å². The van der Waals surface area contributed by atoms with Crippen molar-refractivity contribution in [2.24, 2.45) is 0 Å². The maximum Gasteiger partial charge on any atom is 0.371 e. The van der Waals surface area contributed by atoms with E-state index in [-0.39, 0.29) is 16.6 Å². The molecule has 0 aliphatic rings. The molecule has 0 bridgehead atoms. The lowest BCUT2D eigenvalue weighted by atomic mass is 10.0. The van der Waals surface area contributed by atoms with Gasteiger partial charge in [0.15, 0.2) is 5.12 Å². The number of carbonyl (C=O) groups is 2. The molecule has 112 valence electrons. The fourth-order valence-electron chi connectivity index (χ4n) is 1.87. The van der Waals surface area contributed by atoms with E-state index >= 15 is 0 Å². The number of thioether (sulfide) groups is 1. The summed E-state index contributed by atoms with van der Waals surface area (Å²) in [4.78, 5) is 21.7. The average molecular weight is 310 g/mol. The number of carboxylic acid groups (broad SMARTS) is 1. The Morgan fingerprint density at radius 2 is 2.00 bits per heavy atom. The third kappa shape index (κ3) is 3.63. The van der Waals surface area contributed by atoms with Crippen LogP contribution in [0, 0.1) is 0 Å². The predicted octanol–water partition coefficient (Wildman–Crippen LogP) is 1.80. The number of hydrogen-bond donors (Lipinski definition) is 3. The monoisotopic (exact) mass is 310 g/mol. The quantitative estimate of drug-likeness (QED) is 0.772. The molecule has 7 heteroatoms. The summed E-state index contributed by atoms with van der Waals surface area (Å²) in [5, 5.41) is 29.1. The molecule has 0 saturated carbocycles. The first-order valence-electron chi connectivity index (χ1n) is 6.14. The van der Waals surface area contributed by atoms with Gasteiger partial charge in [0.25, 0.3) is 0 Å². The van der Waals surface area contributed by atoms with Gasteiger partial charge in [-0.05, 0) is 23.8 Å². The Labute approximate surface area is 124 Å². The fraction of sp³-hybridized carbons (Fsp3) is 0.286. The Balaban J connectivity index is 2.21. The van der Waals surface area contributed by atoms with E-state index in [0.717, 1.165) is 11.8 Å². The second-order valence-corrected chi connectivity index (χ2v) is 5.72. The number of aliphatic hydroxyl groups excluding tert-OH is 2. The van der Waals surface area contributed by atoms with Crippen LogP contribution in [0.3, 0.4) is 0 Å². The lowest BCUT2D eigenvalue weighted by molar-refractivity contribution is -0.109. The average Bonchev–Trinajstić information content (AvgIpc) is 2.86. The summed E-state index contributed by atoms with van der Waals surface area (Å²) >= 11 is 0.929. The molecule has 1 heterocycles. The maximum absolute atomic E-state index is 10.9. The Morgan fingerprint density at radius 3 is 2.62 bits per heavy atom. The predicted molar refractivity (Wildman–Crippen MR) is 77.3 cm³/mol. The summed E-state index contributed by atoms with van der Waals surface area (Å²) < 4.78 is 5.11. The van der Waals surface area contributed by atoms with Crippen molar-refractivity contribution in [3.63, 3.8) is 0 Å². The third-order valence-electron chi connectivity index (χ3n) is 2.91. The molecule has 0 saturated heterocycles. The molecule has 0 aliphatic carbocycles. The van der Waals surface area contributed by atoms with Crippen LogP contribution in [0.4, 0.5) is 0 Å². The van der Waals surface area contributed by atoms with Crippen LogP contribution in [0.2, 0.25) is 0 Å². The normalized spacial score (nSPS) is 14.0. The lowest BCUT2D eigenvalue weighted by Crippen LogP contribution is -2.21. The molecule has 2 atom stereocenters. The van der Waals surface area contributed by atoms with Crippen molar-refractivity contribution in [3.8, 4) is 0 Å². The fourth-order valence-corrected chi connectivity index (χ4v) is 2.45. The third-order valence-corrected chi connectivity index (χ3v) is 3.83. The van der Waals surface area contributed by atoms with E-state index in [1.54, 1.807) is 12.1 Å². The second-order valence-electron chi connectivity index (χ2n) is 4.53. The number of fused-ring (bicyclic) bond motifs is 1. The van der Waals surface area contributed by atoms with E-state index in [4.69, 9.17) is 9.52 Å². The van der Waals surface area contributed by atoms with Crippen LogP contribution < -0.4 is 0 Å². The van der Waals surface area contributed by atoms with Crippen LogP contribution in [-0.4, -0.2) is 38.3 Å². The molecule has 3 N–H and O–H groups in total. The summed E-state index contributed by atoms with van der Waals surface area (Å²) in [6.07, 6.45) is -2.26. The Kier molecular flexibility index (Phi) is 4.66. The zero-order chi connectivity index (χ0) is 15.6. The van der Waals surface area contributed by atoms with Crippen LogP contribution in [0.25, 0.3) is 11.0 Å². The van der Waals surface area contributed by atoms with Gasteiger partial charge in [-0.15, -0.1) is 0 Å². The summed E-state index contributed by atoms with van der Waals surface area (Å²) in [6.45, 7) is 1.38. The maximum atomic E-state index is 10.9. The molecule has 0 radical (unpaired) electrons. The molecule has 0 spiro atoms. The van der Waals surface area contributed by atoms with Gasteiger partial charge < -0.3 is 19.7 Å². The molecule has 2 rings (SSSR count). The van der Waals surface area contributed by atoms with Gasteiger partial charge in [-0.25, -0.2) is 4.79 Å². The number of aliphatic hydroxyl groups is 2. The molecule has 6 nitrogen and oxygen atoms in total. The molecular formula is C14H14O6S. The molecule has 0 fully saturated rings. The smallest absolute Gasteiger partial charge is 0.371 e. The second kappa shape index (κ2) is 6.30. The number of carboxylic acids is 1. The SMILES string of the molecule is CC(=O)SCC(O)C(O)c1ccc2oc(C(=O)O)cc2c1. The van der Waals surface area contributed by atoms with Gasteiger partial charge in [0.1, 0.15) is 11.7 Å². The number of aromatic carboxylic acids is 1. The van der Waals surface area contributed by atoms with Crippen molar-refractivity contribution in [2.45, 2.75) is 19.1 Å². The molecule has 1 aromatic carbocycles. The van der Waals surface area contributed by atoms with E-state index < -0.39 is 18.2 Å². The minimum atomic E-state index is -1.17. The lowest BCUT2D eigenvalue weighted by Gasteiger charge is -2.17. The summed E-state index contributed by atoms with van der Waals surface area (Å²) in [6, 6.07) is 5.98. The molecule has 2 unspecified atom stereocenters. The van der Waals surface area contributed by atoms with Gasteiger partial charge in [0, 0.05) is 18.1 Å². The molecule has 0 amide bonds. The van der Waals surface area contributed by atoms with Crippen LogP contribution in [0.15, 0.2) is 28.7 Å². The first kappa shape index (κ1) is 15.6. The van der Waals surface area contributed by atoms with Crippen molar-refractivity contribution in [1.82, 2.24) is 0 Å².